The van der Waals surface area contributed by atoms with Gasteiger partial charge >= 0.3 is 12.0 Å². The minimum Gasteiger partial charge on any atom is -0.495 e. The third-order valence-corrected chi connectivity index (χ3v) is 3.48. The molecule has 1 aromatic carbocycles. The second kappa shape index (κ2) is 6.47. The second-order valence-corrected chi connectivity index (χ2v) is 5.12. The van der Waals surface area contributed by atoms with Crippen molar-refractivity contribution in [1.82, 2.24) is 4.90 Å². The summed E-state index contributed by atoms with van der Waals surface area (Å²) < 4.78 is 5.23. The number of carboxylic acids is 1. The van der Waals surface area contributed by atoms with E-state index in [9.17, 15) is 14.7 Å². The molecule has 0 atom stereocenters. The van der Waals surface area contributed by atoms with Crippen molar-refractivity contribution in [3.05, 3.63) is 24.3 Å². The normalized spacial score (nSPS) is 10.9. The van der Waals surface area contributed by atoms with Crippen molar-refractivity contribution in [2.45, 2.75) is 26.3 Å². The van der Waals surface area contributed by atoms with Crippen LogP contribution in [0.5, 0.6) is 5.75 Å². The summed E-state index contributed by atoms with van der Waals surface area (Å²) in [6, 6.07) is 6.70. The highest BCUT2D eigenvalue weighted by Gasteiger charge is 2.38. The highest BCUT2D eigenvalue weighted by atomic mass is 16.5. The lowest BCUT2D eigenvalue weighted by molar-refractivity contribution is -0.147. The van der Waals surface area contributed by atoms with Crippen molar-refractivity contribution < 1.29 is 19.4 Å². The van der Waals surface area contributed by atoms with Gasteiger partial charge in [0.05, 0.1) is 12.8 Å². The van der Waals surface area contributed by atoms with E-state index >= 15 is 0 Å². The van der Waals surface area contributed by atoms with E-state index in [1.54, 1.807) is 38.2 Å². The first kappa shape index (κ1) is 16.8. The average molecular weight is 294 g/mol. The summed E-state index contributed by atoms with van der Waals surface area (Å²) >= 11 is 0. The van der Waals surface area contributed by atoms with E-state index in [0.29, 0.717) is 11.4 Å². The van der Waals surface area contributed by atoms with E-state index in [-0.39, 0.29) is 6.54 Å². The molecule has 1 rings (SSSR count). The number of urea groups is 1. The average Bonchev–Trinajstić information content (AvgIpc) is 2.46. The number of anilines is 1. The molecule has 0 saturated carbocycles. The number of likely N-dealkylation sites (N-methyl/N-ethyl adjacent to an activating group) is 1. The number of hydrogen-bond acceptors (Lipinski definition) is 3. The van der Waals surface area contributed by atoms with Crippen LogP contribution >= 0.6 is 0 Å². The topological polar surface area (TPSA) is 70.1 Å². The van der Waals surface area contributed by atoms with E-state index in [0.717, 1.165) is 0 Å². The quantitative estimate of drug-likeness (QED) is 0.905. The summed E-state index contributed by atoms with van der Waals surface area (Å²) in [5, 5.41) is 9.31. The molecule has 21 heavy (non-hydrogen) atoms. The molecule has 0 heterocycles. The maximum Gasteiger partial charge on any atom is 0.329 e. The van der Waals surface area contributed by atoms with Crippen LogP contribution in [0.25, 0.3) is 0 Å². The summed E-state index contributed by atoms with van der Waals surface area (Å²) in [7, 11) is 3.12. The lowest BCUT2D eigenvalue weighted by atomic mass is 10.0. The van der Waals surface area contributed by atoms with Crippen LogP contribution in [0.15, 0.2) is 24.3 Å². The molecule has 116 valence electrons. The molecule has 0 aromatic heterocycles. The molecule has 6 heteroatoms. The molecular formula is C15H22N2O4. The molecule has 0 spiro atoms. The van der Waals surface area contributed by atoms with Crippen molar-refractivity contribution in [3.63, 3.8) is 0 Å². The Hall–Kier alpha value is -2.24. The Morgan fingerprint density at radius 1 is 1.29 bits per heavy atom. The number of nitrogens with zero attached hydrogens (tertiary/aromatic N) is 2. The SMILES string of the molecule is CCN(C(=O)N(C)c1ccccc1OC)C(C)(C)C(=O)O. The number of ether oxygens (including phenoxy) is 1. The summed E-state index contributed by atoms with van der Waals surface area (Å²) in [5.74, 6) is -0.497. The number of carbonyl (C=O) groups excluding carboxylic acids is 1. The minimum atomic E-state index is -1.29. The molecule has 0 bridgehead atoms. The highest BCUT2D eigenvalue weighted by molar-refractivity contribution is 5.96. The number of carboxylic acid groups (broad SMARTS) is 1. The van der Waals surface area contributed by atoms with E-state index in [4.69, 9.17) is 4.74 Å². The van der Waals surface area contributed by atoms with Gasteiger partial charge in [-0.3, -0.25) is 4.90 Å². The standard InChI is InChI=1S/C15H22N2O4/c1-6-17(15(2,3)13(18)19)14(20)16(4)11-9-7-8-10-12(11)21-5/h7-10H,6H2,1-5H3,(H,18,19). The Bertz CT molecular complexity index is 528. The second-order valence-electron chi connectivity index (χ2n) is 5.12. The third kappa shape index (κ3) is 3.26. The number of benzene rings is 1. The van der Waals surface area contributed by atoms with Gasteiger partial charge in [0.1, 0.15) is 11.3 Å². The van der Waals surface area contributed by atoms with Gasteiger partial charge in [-0.2, -0.15) is 0 Å². The van der Waals surface area contributed by atoms with Crippen molar-refractivity contribution in [2.75, 3.05) is 25.6 Å². The molecule has 1 N–H and O–H groups in total. The van der Waals surface area contributed by atoms with E-state index in [1.807, 2.05) is 0 Å². The van der Waals surface area contributed by atoms with Gasteiger partial charge in [0.2, 0.25) is 0 Å². The van der Waals surface area contributed by atoms with Gasteiger partial charge < -0.3 is 14.7 Å². The van der Waals surface area contributed by atoms with Gasteiger partial charge in [-0.05, 0) is 32.9 Å². The number of aliphatic carboxylic acids is 1. The number of amides is 2. The molecule has 6 nitrogen and oxygen atoms in total. The van der Waals surface area contributed by atoms with Crippen LogP contribution in [-0.2, 0) is 4.79 Å². The van der Waals surface area contributed by atoms with Gasteiger partial charge in [-0.25, -0.2) is 9.59 Å². The Balaban J connectivity index is 3.13. The molecule has 0 aliphatic rings. The van der Waals surface area contributed by atoms with Crippen LogP contribution in [0.2, 0.25) is 0 Å². The maximum absolute atomic E-state index is 12.6. The third-order valence-electron chi connectivity index (χ3n) is 3.48. The van der Waals surface area contributed by atoms with Crippen LogP contribution < -0.4 is 9.64 Å². The van der Waals surface area contributed by atoms with Crippen LogP contribution in [0, 0.1) is 0 Å². The molecule has 0 saturated heterocycles. The first-order valence-corrected chi connectivity index (χ1v) is 6.69. The number of methoxy groups -OCH3 is 1. The fourth-order valence-corrected chi connectivity index (χ4v) is 2.08. The monoisotopic (exact) mass is 294 g/mol. The molecule has 0 aliphatic carbocycles. The van der Waals surface area contributed by atoms with Crippen LogP contribution in [0.4, 0.5) is 10.5 Å². The van der Waals surface area contributed by atoms with Crippen LogP contribution in [-0.4, -0.2) is 48.2 Å². The minimum absolute atomic E-state index is 0.289. The molecule has 0 aliphatic heterocycles. The van der Waals surface area contributed by atoms with E-state index in [1.165, 1.54) is 30.8 Å². The Morgan fingerprint density at radius 2 is 1.86 bits per heavy atom. The first-order chi connectivity index (χ1) is 9.77. The number of carbonyl (C=O) groups is 2. The van der Waals surface area contributed by atoms with Gasteiger partial charge in [-0.15, -0.1) is 0 Å². The van der Waals surface area contributed by atoms with Gasteiger partial charge in [0, 0.05) is 13.6 Å². The fourth-order valence-electron chi connectivity index (χ4n) is 2.08. The van der Waals surface area contributed by atoms with Crippen LogP contribution in [0.1, 0.15) is 20.8 Å². The largest absolute Gasteiger partial charge is 0.495 e. The van der Waals surface area contributed by atoms with E-state index < -0.39 is 17.5 Å². The lowest BCUT2D eigenvalue weighted by Gasteiger charge is -2.37. The Labute approximate surface area is 124 Å². The molecule has 0 unspecified atom stereocenters. The number of hydrogen-bond donors (Lipinski definition) is 1. The maximum atomic E-state index is 12.6. The van der Waals surface area contributed by atoms with Crippen molar-refractivity contribution >= 4 is 17.7 Å². The van der Waals surface area contributed by atoms with Gasteiger partial charge in [-0.1, -0.05) is 12.1 Å². The zero-order valence-electron chi connectivity index (χ0n) is 13.1. The zero-order valence-corrected chi connectivity index (χ0v) is 13.1. The summed E-state index contributed by atoms with van der Waals surface area (Å²) in [6.07, 6.45) is 0. The fraction of sp³-hybridized carbons (Fsp3) is 0.467. The molecular weight excluding hydrogens is 272 g/mol. The smallest absolute Gasteiger partial charge is 0.329 e. The number of para-hydroxylation sites is 2. The highest BCUT2D eigenvalue weighted by Crippen LogP contribution is 2.28. The lowest BCUT2D eigenvalue weighted by Crippen LogP contribution is -2.56. The predicted molar refractivity (Wildman–Crippen MR) is 80.9 cm³/mol. The van der Waals surface area contributed by atoms with Crippen molar-refractivity contribution in [3.8, 4) is 5.75 Å². The van der Waals surface area contributed by atoms with Gasteiger partial charge in [0.25, 0.3) is 0 Å². The Kier molecular flexibility index (Phi) is 5.18. The molecule has 2 amide bonds. The molecule has 1 aromatic rings. The molecule has 0 fully saturated rings. The zero-order chi connectivity index (χ0) is 16.2. The van der Waals surface area contributed by atoms with Crippen molar-refractivity contribution in [2.24, 2.45) is 0 Å². The van der Waals surface area contributed by atoms with E-state index in [2.05, 4.69) is 0 Å². The summed E-state index contributed by atoms with van der Waals surface area (Å²) in [5.41, 5.74) is -0.702. The van der Waals surface area contributed by atoms with Crippen molar-refractivity contribution in [1.29, 1.82) is 0 Å². The Morgan fingerprint density at radius 3 is 2.33 bits per heavy atom. The molecule has 0 radical (unpaired) electrons. The summed E-state index contributed by atoms with van der Waals surface area (Å²) in [4.78, 5) is 26.7. The van der Waals surface area contributed by atoms with Gasteiger partial charge in [0.15, 0.2) is 0 Å². The predicted octanol–water partition coefficient (Wildman–Crippen LogP) is 2.44. The van der Waals surface area contributed by atoms with Crippen LogP contribution in [0.3, 0.4) is 0 Å². The first-order valence-electron chi connectivity index (χ1n) is 6.69. The number of rotatable bonds is 5. The summed E-state index contributed by atoms with van der Waals surface area (Å²) in [6.45, 7) is 5.05.